The molecule has 2 nitrogen and oxygen atoms in total. The van der Waals surface area contributed by atoms with Gasteiger partial charge in [-0.1, -0.05) is 50.8 Å². The number of aliphatic hydroxyl groups is 1. The van der Waals surface area contributed by atoms with Crippen molar-refractivity contribution in [3.63, 3.8) is 0 Å². The lowest BCUT2D eigenvalue weighted by atomic mass is 10.1. The third kappa shape index (κ3) is 6.17. The molecule has 0 aromatic heterocycles. The maximum atomic E-state index is 13.4. The molecule has 19 heavy (non-hydrogen) atoms. The van der Waals surface area contributed by atoms with E-state index in [2.05, 4.69) is 6.92 Å². The normalized spacial score (nSPS) is 14.3. The average Bonchev–Trinajstić information content (AvgIpc) is 2.41. The maximum absolute atomic E-state index is 13.4. The second kappa shape index (κ2) is 9.05. The van der Waals surface area contributed by atoms with E-state index in [1.807, 2.05) is 6.92 Å². The second-order valence-electron chi connectivity index (χ2n) is 5.03. The molecule has 1 N–H and O–H groups in total. The summed E-state index contributed by atoms with van der Waals surface area (Å²) < 4.78 is 19.0. The largest absolute Gasteiger partial charge is 0.386 e. The molecule has 0 fully saturated rings. The van der Waals surface area contributed by atoms with Gasteiger partial charge in [-0.2, -0.15) is 0 Å². The fourth-order valence-corrected chi connectivity index (χ4v) is 2.03. The van der Waals surface area contributed by atoms with E-state index in [1.54, 1.807) is 18.2 Å². The van der Waals surface area contributed by atoms with Crippen LogP contribution < -0.4 is 0 Å². The lowest BCUT2D eigenvalue weighted by Crippen LogP contribution is -2.15. The van der Waals surface area contributed by atoms with Gasteiger partial charge >= 0.3 is 0 Å². The number of hydrogen-bond donors (Lipinski definition) is 1. The molecular weight excluding hydrogens is 243 g/mol. The Bertz CT molecular complexity index is 354. The Labute approximate surface area is 115 Å². The zero-order valence-corrected chi connectivity index (χ0v) is 11.9. The van der Waals surface area contributed by atoms with E-state index in [1.165, 1.54) is 25.3 Å². The van der Waals surface area contributed by atoms with E-state index in [0.717, 1.165) is 12.8 Å². The van der Waals surface area contributed by atoms with E-state index in [0.29, 0.717) is 5.56 Å². The highest BCUT2D eigenvalue weighted by molar-refractivity contribution is 5.19. The number of ether oxygens (including phenoxy) is 1. The summed E-state index contributed by atoms with van der Waals surface area (Å²) in [6, 6.07) is 6.28. The Hall–Kier alpha value is -0.930. The van der Waals surface area contributed by atoms with Crippen molar-refractivity contribution in [2.24, 2.45) is 0 Å². The molecule has 0 saturated heterocycles. The minimum absolute atomic E-state index is 0.110. The summed E-state index contributed by atoms with van der Waals surface area (Å²) >= 11 is 0. The lowest BCUT2D eigenvalue weighted by Gasteiger charge is -2.17. The topological polar surface area (TPSA) is 29.5 Å². The molecule has 1 rings (SSSR count). The highest BCUT2D eigenvalue weighted by Gasteiger charge is 2.13. The van der Waals surface area contributed by atoms with E-state index >= 15 is 0 Å². The fourth-order valence-electron chi connectivity index (χ4n) is 2.03. The first-order valence-electron chi connectivity index (χ1n) is 7.19. The van der Waals surface area contributed by atoms with Gasteiger partial charge < -0.3 is 9.84 Å². The molecule has 0 heterocycles. The molecule has 0 amide bonds. The van der Waals surface area contributed by atoms with Crippen LogP contribution in [0.25, 0.3) is 0 Å². The third-order valence-corrected chi connectivity index (χ3v) is 3.27. The fraction of sp³-hybridized carbons (Fsp3) is 0.625. The molecule has 1 aromatic rings. The standard InChI is InChI=1S/C16H25FO2/c1-3-4-5-6-9-13(2)19-12-16(18)14-10-7-8-11-15(14)17/h7-8,10-11,13,16,18H,3-6,9,12H2,1-2H3. The number of unbranched alkanes of at least 4 members (excludes halogenated alkanes) is 3. The van der Waals surface area contributed by atoms with E-state index in [4.69, 9.17) is 4.74 Å². The zero-order chi connectivity index (χ0) is 14.1. The van der Waals surface area contributed by atoms with Gasteiger partial charge in [0.15, 0.2) is 0 Å². The summed E-state index contributed by atoms with van der Waals surface area (Å²) in [5, 5.41) is 9.89. The van der Waals surface area contributed by atoms with Gasteiger partial charge in [0.2, 0.25) is 0 Å². The van der Waals surface area contributed by atoms with Gasteiger partial charge in [0.1, 0.15) is 11.9 Å². The van der Waals surface area contributed by atoms with Gasteiger partial charge in [0.25, 0.3) is 0 Å². The first-order chi connectivity index (χ1) is 9.15. The average molecular weight is 268 g/mol. The summed E-state index contributed by atoms with van der Waals surface area (Å²) in [6.07, 6.45) is 5.05. The van der Waals surface area contributed by atoms with E-state index in [-0.39, 0.29) is 18.5 Å². The smallest absolute Gasteiger partial charge is 0.129 e. The highest BCUT2D eigenvalue weighted by atomic mass is 19.1. The maximum Gasteiger partial charge on any atom is 0.129 e. The Morgan fingerprint density at radius 1 is 1.21 bits per heavy atom. The molecule has 0 aliphatic carbocycles. The van der Waals surface area contributed by atoms with Gasteiger partial charge in [0, 0.05) is 5.56 Å². The van der Waals surface area contributed by atoms with Gasteiger partial charge in [0.05, 0.1) is 12.7 Å². The third-order valence-electron chi connectivity index (χ3n) is 3.27. The molecule has 2 atom stereocenters. The Morgan fingerprint density at radius 2 is 1.95 bits per heavy atom. The highest BCUT2D eigenvalue weighted by Crippen LogP contribution is 2.18. The van der Waals surface area contributed by atoms with Crippen molar-refractivity contribution >= 4 is 0 Å². The van der Waals surface area contributed by atoms with E-state index in [9.17, 15) is 9.50 Å². The number of aliphatic hydroxyl groups excluding tert-OH is 1. The van der Waals surface area contributed by atoms with Crippen LogP contribution >= 0.6 is 0 Å². The van der Waals surface area contributed by atoms with Crippen LogP contribution in [0.4, 0.5) is 4.39 Å². The number of halogens is 1. The molecule has 0 aliphatic heterocycles. The lowest BCUT2D eigenvalue weighted by molar-refractivity contribution is -0.00768. The molecule has 0 radical (unpaired) electrons. The van der Waals surface area contributed by atoms with Crippen molar-refractivity contribution in [3.8, 4) is 0 Å². The van der Waals surface area contributed by atoms with Crippen LogP contribution in [0, 0.1) is 5.82 Å². The molecule has 1 aromatic carbocycles. The van der Waals surface area contributed by atoms with Crippen LogP contribution in [0.1, 0.15) is 57.6 Å². The Morgan fingerprint density at radius 3 is 2.63 bits per heavy atom. The molecule has 0 bridgehead atoms. The van der Waals surface area contributed by atoms with Crippen molar-refractivity contribution in [1.29, 1.82) is 0 Å². The van der Waals surface area contributed by atoms with Crippen molar-refractivity contribution in [2.75, 3.05) is 6.61 Å². The van der Waals surface area contributed by atoms with Crippen LogP contribution in [-0.4, -0.2) is 17.8 Å². The van der Waals surface area contributed by atoms with Crippen LogP contribution in [0.2, 0.25) is 0 Å². The van der Waals surface area contributed by atoms with Crippen molar-refractivity contribution < 1.29 is 14.2 Å². The summed E-state index contributed by atoms with van der Waals surface area (Å²) in [4.78, 5) is 0. The van der Waals surface area contributed by atoms with E-state index < -0.39 is 6.10 Å². The Kier molecular flexibility index (Phi) is 7.68. The molecule has 0 aliphatic rings. The van der Waals surface area contributed by atoms with Crippen molar-refractivity contribution in [2.45, 2.75) is 58.2 Å². The van der Waals surface area contributed by atoms with Crippen molar-refractivity contribution in [1.82, 2.24) is 0 Å². The SMILES string of the molecule is CCCCCCC(C)OCC(O)c1ccccc1F. The number of benzene rings is 1. The van der Waals surface area contributed by atoms with Crippen molar-refractivity contribution in [3.05, 3.63) is 35.6 Å². The van der Waals surface area contributed by atoms with Gasteiger partial charge in [-0.3, -0.25) is 0 Å². The summed E-state index contributed by atoms with van der Waals surface area (Å²) in [5.74, 6) is -0.380. The number of hydrogen-bond acceptors (Lipinski definition) is 2. The zero-order valence-electron chi connectivity index (χ0n) is 11.9. The summed E-state index contributed by atoms with van der Waals surface area (Å²) in [7, 11) is 0. The molecule has 2 unspecified atom stereocenters. The van der Waals surface area contributed by atoms with Crippen LogP contribution in [0.15, 0.2) is 24.3 Å². The molecule has 3 heteroatoms. The predicted molar refractivity (Wildman–Crippen MR) is 75.5 cm³/mol. The van der Waals surface area contributed by atoms with Gasteiger partial charge in [-0.05, 0) is 19.4 Å². The molecule has 0 saturated carbocycles. The quantitative estimate of drug-likeness (QED) is 0.679. The second-order valence-corrected chi connectivity index (χ2v) is 5.03. The number of rotatable bonds is 9. The van der Waals surface area contributed by atoms with Crippen LogP contribution in [0.3, 0.4) is 0 Å². The molecule has 108 valence electrons. The summed E-state index contributed by atoms with van der Waals surface area (Å²) in [6.45, 7) is 4.33. The van der Waals surface area contributed by atoms with Gasteiger partial charge in [-0.15, -0.1) is 0 Å². The molecular formula is C16H25FO2. The van der Waals surface area contributed by atoms with Crippen LogP contribution in [0.5, 0.6) is 0 Å². The first-order valence-corrected chi connectivity index (χ1v) is 7.19. The minimum Gasteiger partial charge on any atom is -0.386 e. The van der Waals surface area contributed by atoms with Gasteiger partial charge in [-0.25, -0.2) is 4.39 Å². The first kappa shape index (κ1) is 16.1. The van der Waals surface area contributed by atoms with Crippen LogP contribution in [-0.2, 0) is 4.74 Å². The Balaban J connectivity index is 2.26. The minimum atomic E-state index is -0.890. The monoisotopic (exact) mass is 268 g/mol. The summed E-state index contributed by atoms with van der Waals surface area (Å²) in [5.41, 5.74) is 0.306. The molecule has 0 spiro atoms. The predicted octanol–water partition coefficient (Wildman–Crippen LogP) is 4.23.